The van der Waals surface area contributed by atoms with Crippen LogP contribution in [-0.4, -0.2) is 23.9 Å². The molecule has 0 saturated heterocycles. The van der Waals surface area contributed by atoms with Gasteiger partial charge in [0.25, 0.3) is 0 Å². The highest BCUT2D eigenvalue weighted by Gasteiger charge is 2.63. The molecule has 0 aromatic heterocycles. The lowest BCUT2D eigenvalue weighted by Crippen LogP contribution is -2.56. The minimum atomic E-state index is -0.436. The number of fused-ring (bicyclic) bond motifs is 5. The maximum atomic E-state index is 11.0. The molecule has 4 aliphatic carbocycles. The highest BCUT2D eigenvalue weighted by atomic mass is 16.5. The fraction of sp³-hybridized carbons (Fsp3) is 1.00. The first-order valence-electron chi connectivity index (χ1n) is 10.1. The van der Waals surface area contributed by atoms with Crippen LogP contribution in [-0.2, 0) is 4.74 Å². The van der Waals surface area contributed by atoms with E-state index >= 15 is 0 Å². The van der Waals surface area contributed by atoms with Crippen molar-refractivity contribution in [2.24, 2.45) is 34.5 Å². The molecule has 4 saturated carbocycles. The third-order valence-corrected chi connectivity index (χ3v) is 9.51. The largest absolute Gasteiger partial charge is 0.390 e. The lowest BCUT2D eigenvalue weighted by Gasteiger charge is -2.61. The van der Waals surface area contributed by atoms with Crippen molar-refractivity contribution >= 4 is 0 Å². The van der Waals surface area contributed by atoms with E-state index in [2.05, 4.69) is 20.8 Å². The van der Waals surface area contributed by atoms with Crippen molar-refractivity contribution < 1.29 is 9.84 Å². The molecule has 0 aromatic carbocycles. The van der Waals surface area contributed by atoms with Crippen LogP contribution >= 0.6 is 0 Å². The second kappa shape index (κ2) is 5.21. The number of hydrogen-bond acceptors (Lipinski definition) is 2. The minimum absolute atomic E-state index is 0.168. The summed E-state index contributed by atoms with van der Waals surface area (Å²) in [5, 5.41) is 11.0. The Morgan fingerprint density at radius 3 is 2.35 bits per heavy atom. The van der Waals surface area contributed by atoms with Crippen molar-refractivity contribution in [3.05, 3.63) is 0 Å². The molecule has 8 atom stereocenters. The number of rotatable bonds is 1. The lowest BCUT2D eigenvalue weighted by atomic mass is 9.44. The van der Waals surface area contributed by atoms with Gasteiger partial charge in [-0.25, -0.2) is 0 Å². The molecule has 4 rings (SSSR count). The monoisotopic (exact) mass is 320 g/mol. The predicted molar refractivity (Wildman–Crippen MR) is 93.1 cm³/mol. The van der Waals surface area contributed by atoms with Gasteiger partial charge in [-0.05, 0) is 99.2 Å². The molecule has 4 fully saturated rings. The Bertz CT molecular complexity index is 472. The fourth-order valence-corrected chi connectivity index (χ4v) is 7.68. The van der Waals surface area contributed by atoms with Crippen LogP contribution in [0, 0.1) is 34.5 Å². The molecular weight excluding hydrogens is 284 g/mol. The molecule has 0 bridgehead atoms. The maximum Gasteiger partial charge on any atom is 0.0675 e. The van der Waals surface area contributed by atoms with E-state index in [1.165, 1.54) is 51.4 Å². The first-order valence-corrected chi connectivity index (χ1v) is 10.1. The Balaban J connectivity index is 1.60. The van der Waals surface area contributed by atoms with E-state index in [4.69, 9.17) is 4.74 Å². The fourth-order valence-electron chi connectivity index (χ4n) is 7.68. The zero-order valence-electron chi connectivity index (χ0n) is 15.6. The SMILES string of the molecule is CO[C@@H]1CCC2(C)C3CCC4(C)C(CC[C@]4(C)O)C3CC[C@H]2C1. The highest BCUT2D eigenvalue weighted by Crippen LogP contribution is 2.68. The minimum Gasteiger partial charge on any atom is -0.390 e. The molecule has 2 heteroatoms. The zero-order chi connectivity index (χ0) is 16.5. The summed E-state index contributed by atoms with van der Waals surface area (Å²) in [7, 11) is 1.89. The van der Waals surface area contributed by atoms with Gasteiger partial charge in [-0.3, -0.25) is 0 Å². The van der Waals surface area contributed by atoms with Crippen molar-refractivity contribution in [3.63, 3.8) is 0 Å². The van der Waals surface area contributed by atoms with Crippen molar-refractivity contribution in [2.45, 2.75) is 90.3 Å². The van der Waals surface area contributed by atoms with E-state index < -0.39 is 5.60 Å². The molecule has 0 aliphatic heterocycles. The van der Waals surface area contributed by atoms with Gasteiger partial charge >= 0.3 is 0 Å². The van der Waals surface area contributed by atoms with Crippen LogP contribution in [0.15, 0.2) is 0 Å². The van der Waals surface area contributed by atoms with E-state index in [-0.39, 0.29) is 5.41 Å². The molecule has 0 amide bonds. The number of aliphatic hydroxyl groups is 1. The Kier molecular flexibility index (Phi) is 3.71. The summed E-state index contributed by atoms with van der Waals surface area (Å²) in [6.45, 7) is 7.12. The molecule has 132 valence electrons. The predicted octanol–water partition coefficient (Wildman–Crippen LogP) is 4.80. The summed E-state index contributed by atoms with van der Waals surface area (Å²) >= 11 is 0. The van der Waals surface area contributed by atoms with Crippen LogP contribution in [0.25, 0.3) is 0 Å². The number of methoxy groups -OCH3 is 1. The highest BCUT2D eigenvalue weighted by molar-refractivity contribution is 5.12. The topological polar surface area (TPSA) is 29.5 Å². The molecule has 5 unspecified atom stereocenters. The van der Waals surface area contributed by atoms with Crippen LogP contribution in [0.4, 0.5) is 0 Å². The molecule has 0 spiro atoms. The van der Waals surface area contributed by atoms with Crippen LogP contribution in [0.3, 0.4) is 0 Å². The van der Waals surface area contributed by atoms with Crippen molar-refractivity contribution in [2.75, 3.05) is 7.11 Å². The second-order valence-electron chi connectivity index (χ2n) is 10.1. The average Bonchev–Trinajstić information content (AvgIpc) is 2.77. The summed E-state index contributed by atoms with van der Waals surface area (Å²) < 4.78 is 5.70. The van der Waals surface area contributed by atoms with Crippen LogP contribution in [0.1, 0.15) is 78.6 Å². The summed E-state index contributed by atoms with van der Waals surface area (Å²) in [6, 6.07) is 0. The summed E-state index contributed by atoms with van der Waals surface area (Å²) in [6.07, 6.45) is 12.1. The summed E-state index contributed by atoms with van der Waals surface area (Å²) in [4.78, 5) is 0. The standard InChI is InChI=1S/C21H36O2/c1-19-10-7-15(23-4)13-14(19)5-6-16-17(19)8-11-20(2)18(16)9-12-21(20,3)22/h14-18,22H,5-13H2,1-4H3/t14-,15+,16?,17?,18?,19?,20?,21-/m0/s1. The van der Waals surface area contributed by atoms with Gasteiger partial charge in [-0.15, -0.1) is 0 Å². The number of ether oxygens (including phenoxy) is 1. The zero-order valence-corrected chi connectivity index (χ0v) is 15.6. The van der Waals surface area contributed by atoms with Crippen LogP contribution in [0.2, 0.25) is 0 Å². The normalized spacial score (nSPS) is 59.1. The quantitative estimate of drug-likeness (QED) is 0.752. The second-order valence-corrected chi connectivity index (χ2v) is 10.1. The van der Waals surface area contributed by atoms with Crippen LogP contribution < -0.4 is 0 Å². The lowest BCUT2D eigenvalue weighted by molar-refractivity contribution is -0.155. The molecule has 0 aromatic rings. The molecular formula is C21H36O2. The smallest absolute Gasteiger partial charge is 0.0675 e. The van der Waals surface area contributed by atoms with Gasteiger partial charge in [0.2, 0.25) is 0 Å². The maximum absolute atomic E-state index is 11.0. The first-order chi connectivity index (χ1) is 10.8. The average molecular weight is 321 g/mol. The van der Waals surface area contributed by atoms with Gasteiger partial charge in [0.1, 0.15) is 0 Å². The van der Waals surface area contributed by atoms with Gasteiger partial charge in [0.05, 0.1) is 11.7 Å². The van der Waals surface area contributed by atoms with Gasteiger partial charge in [0.15, 0.2) is 0 Å². The number of hydrogen-bond donors (Lipinski definition) is 1. The van der Waals surface area contributed by atoms with E-state index in [0.29, 0.717) is 11.5 Å². The Hall–Kier alpha value is -0.0800. The first kappa shape index (κ1) is 16.4. The molecule has 0 heterocycles. The van der Waals surface area contributed by atoms with E-state index in [0.717, 1.165) is 30.1 Å². The summed E-state index contributed by atoms with van der Waals surface area (Å²) in [5.41, 5.74) is 0.267. The molecule has 1 N–H and O–H groups in total. The van der Waals surface area contributed by atoms with Crippen molar-refractivity contribution in [3.8, 4) is 0 Å². The van der Waals surface area contributed by atoms with Gasteiger partial charge in [0, 0.05) is 7.11 Å². The van der Waals surface area contributed by atoms with Crippen molar-refractivity contribution in [1.29, 1.82) is 0 Å². The summed E-state index contributed by atoms with van der Waals surface area (Å²) in [5.74, 6) is 3.39. The van der Waals surface area contributed by atoms with Gasteiger partial charge < -0.3 is 9.84 Å². The molecule has 2 nitrogen and oxygen atoms in total. The molecule has 0 radical (unpaired) electrons. The Morgan fingerprint density at radius 1 is 0.870 bits per heavy atom. The van der Waals surface area contributed by atoms with Gasteiger partial charge in [-0.1, -0.05) is 13.8 Å². The third-order valence-electron chi connectivity index (χ3n) is 9.51. The molecule has 23 heavy (non-hydrogen) atoms. The van der Waals surface area contributed by atoms with Crippen molar-refractivity contribution in [1.82, 2.24) is 0 Å². The Morgan fingerprint density at radius 2 is 1.61 bits per heavy atom. The van der Waals surface area contributed by atoms with Gasteiger partial charge in [-0.2, -0.15) is 0 Å². The molecule has 4 aliphatic rings. The Labute approximate surface area is 142 Å². The van der Waals surface area contributed by atoms with E-state index in [1.54, 1.807) is 0 Å². The van der Waals surface area contributed by atoms with Crippen LogP contribution in [0.5, 0.6) is 0 Å². The third kappa shape index (κ3) is 2.13. The van der Waals surface area contributed by atoms with E-state index in [1.807, 2.05) is 7.11 Å². The van der Waals surface area contributed by atoms with E-state index in [9.17, 15) is 5.11 Å².